The highest BCUT2D eigenvalue weighted by Crippen LogP contribution is 2.34. The van der Waals surface area contributed by atoms with Crippen molar-refractivity contribution in [2.24, 2.45) is 0 Å². The topological polar surface area (TPSA) is 101 Å². The molecule has 1 aliphatic carbocycles. The fraction of sp³-hybridized carbons (Fsp3) is 0.217. The van der Waals surface area contributed by atoms with Crippen LogP contribution in [0.5, 0.6) is 5.75 Å². The van der Waals surface area contributed by atoms with E-state index < -0.39 is 0 Å². The normalized spacial score (nSPS) is 12.7. The van der Waals surface area contributed by atoms with Crippen molar-refractivity contribution >= 4 is 23.0 Å². The number of ketones is 1. The van der Waals surface area contributed by atoms with Gasteiger partial charge in [0, 0.05) is 22.7 Å². The van der Waals surface area contributed by atoms with E-state index in [1.807, 2.05) is 23.6 Å². The summed E-state index contributed by atoms with van der Waals surface area (Å²) < 4.78 is 7.08. The zero-order chi connectivity index (χ0) is 21.8. The molecule has 1 amide bonds. The molecule has 31 heavy (non-hydrogen) atoms. The van der Waals surface area contributed by atoms with Crippen molar-refractivity contribution in [2.45, 2.75) is 25.4 Å². The van der Waals surface area contributed by atoms with Crippen LogP contribution in [0.4, 0.5) is 0 Å². The molecule has 0 radical (unpaired) electrons. The monoisotopic (exact) mass is 433 g/mol. The third kappa shape index (κ3) is 4.73. The van der Waals surface area contributed by atoms with Crippen molar-refractivity contribution in [3.05, 3.63) is 86.0 Å². The van der Waals surface area contributed by atoms with Crippen molar-refractivity contribution in [3.8, 4) is 11.8 Å². The summed E-state index contributed by atoms with van der Waals surface area (Å²) in [6.45, 7) is 0.181. The number of amides is 1. The SMILES string of the molecule is N#Cc1cc(C(=O)c2ccccc2OCC(=O)NCc2cccs2)cn(C2CC2)c1=O. The van der Waals surface area contributed by atoms with Crippen LogP contribution in [-0.4, -0.2) is 22.9 Å². The minimum absolute atomic E-state index is 0.0332. The van der Waals surface area contributed by atoms with Crippen LogP contribution >= 0.6 is 11.3 Å². The number of pyridine rings is 1. The number of benzene rings is 1. The summed E-state index contributed by atoms with van der Waals surface area (Å²) in [5.74, 6) is -0.411. The molecule has 7 nitrogen and oxygen atoms in total. The van der Waals surface area contributed by atoms with E-state index in [0.29, 0.717) is 6.54 Å². The first-order valence-corrected chi connectivity index (χ1v) is 10.7. The van der Waals surface area contributed by atoms with E-state index in [1.165, 1.54) is 16.8 Å². The number of hydrogen-bond donors (Lipinski definition) is 1. The van der Waals surface area contributed by atoms with Gasteiger partial charge in [0.25, 0.3) is 11.5 Å². The number of nitrogens with one attached hydrogen (secondary N) is 1. The van der Waals surface area contributed by atoms with Crippen LogP contribution in [0.2, 0.25) is 0 Å². The van der Waals surface area contributed by atoms with Gasteiger partial charge in [-0.2, -0.15) is 5.26 Å². The smallest absolute Gasteiger partial charge is 0.268 e. The average Bonchev–Trinajstić information content (AvgIpc) is 3.50. The number of para-hydroxylation sites is 1. The maximum Gasteiger partial charge on any atom is 0.268 e. The predicted molar refractivity (Wildman–Crippen MR) is 115 cm³/mol. The standard InChI is InChI=1S/C23H19N3O4S/c24-11-15-10-16(13-26(23(15)29)17-7-8-17)22(28)19-5-1-2-6-20(19)30-14-21(27)25-12-18-4-3-9-31-18/h1-6,9-10,13,17H,7-8,12,14H2,(H,25,27). The van der Waals surface area contributed by atoms with Crippen molar-refractivity contribution in [3.63, 3.8) is 0 Å². The van der Waals surface area contributed by atoms with Crippen LogP contribution in [0.3, 0.4) is 0 Å². The van der Waals surface area contributed by atoms with E-state index in [9.17, 15) is 19.6 Å². The molecule has 0 spiro atoms. The summed E-state index contributed by atoms with van der Waals surface area (Å²) in [4.78, 5) is 38.7. The van der Waals surface area contributed by atoms with E-state index >= 15 is 0 Å². The first-order valence-electron chi connectivity index (χ1n) is 9.78. The molecule has 4 rings (SSSR count). The van der Waals surface area contributed by atoms with Gasteiger partial charge in [0.1, 0.15) is 17.4 Å². The van der Waals surface area contributed by atoms with Crippen molar-refractivity contribution in [1.29, 1.82) is 5.26 Å². The van der Waals surface area contributed by atoms with Crippen molar-refractivity contribution < 1.29 is 14.3 Å². The molecule has 0 saturated heterocycles. The number of hydrogen-bond acceptors (Lipinski definition) is 6. The molecule has 1 aromatic carbocycles. The van der Waals surface area contributed by atoms with Crippen LogP contribution in [0.25, 0.3) is 0 Å². The van der Waals surface area contributed by atoms with Gasteiger partial charge < -0.3 is 14.6 Å². The van der Waals surface area contributed by atoms with Crippen molar-refractivity contribution in [2.75, 3.05) is 6.61 Å². The second kappa shape index (κ2) is 8.98. The molecule has 1 fully saturated rings. The Labute approximate surface area is 182 Å². The molecular formula is C23H19N3O4S. The minimum Gasteiger partial charge on any atom is -0.483 e. The number of thiophene rings is 1. The Balaban J connectivity index is 1.51. The highest BCUT2D eigenvalue weighted by atomic mass is 32.1. The lowest BCUT2D eigenvalue weighted by Crippen LogP contribution is -2.28. The molecular weight excluding hydrogens is 414 g/mol. The lowest BCUT2D eigenvalue weighted by molar-refractivity contribution is -0.123. The zero-order valence-electron chi connectivity index (χ0n) is 16.5. The maximum absolute atomic E-state index is 13.2. The summed E-state index contributed by atoms with van der Waals surface area (Å²) >= 11 is 1.55. The van der Waals surface area contributed by atoms with Crippen LogP contribution in [0, 0.1) is 11.3 Å². The fourth-order valence-electron chi connectivity index (χ4n) is 3.16. The predicted octanol–water partition coefficient (Wildman–Crippen LogP) is 3.04. The fourth-order valence-corrected chi connectivity index (χ4v) is 3.80. The van der Waals surface area contributed by atoms with Crippen LogP contribution < -0.4 is 15.6 Å². The van der Waals surface area contributed by atoms with Gasteiger partial charge in [0.05, 0.1) is 12.1 Å². The molecule has 156 valence electrons. The number of nitrogens with zero attached hydrogens (tertiary/aromatic N) is 2. The van der Waals surface area contributed by atoms with Gasteiger partial charge in [0.2, 0.25) is 0 Å². The minimum atomic E-state index is -0.381. The van der Waals surface area contributed by atoms with Crippen LogP contribution in [0.1, 0.15) is 45.2 Å². The Morgan fingerprint density at radius 1 is 1.23 bits per heavy atom. The highest BCUT2D eigenvalue weighted by Gasteiger charge is 2.27. The molecule has 0 aliphatic heterocycles. The summed E-state index contributed by atoms with van der Waals surface area (Å²) in [6.07, 6.45) is 3.21. The Kier molecular flexibility index (Phi) is 5.96. The Bertz CT molecular complexity index is 1220. The number of nitriles is 1. The highest BCUT2D eigenvalue weighted by molar-refractivity contribution is 7.09. The first kappa shape index (κ1) is 20.6. The largest absolute Gasteiger partial charge is 0.483 e. The molecule has 1 saturated carbocycles. The van der Waals surface area contributed by atoms with E-state index in [0.717, 1.165) is 17.7 Å². The Morgan fingerprint density at radius 2 is 2.03 bits per heavy atom. The van der Waals surface area contributed by atoms with E-state index in [1.54, 1.807) is 35.6 Å². The third-order valence-corrected chi connectivity index (χ3v) is 5.77. The Morgan fingerprint density at radius 3 is 2.74 bits per heavy atom. The maximum atomic E-state index is 13.2. The average molecular weight is 433 g/mol. The number of carbonyl (C=O) groups excluding carboxylic acids is 2. The second-order valence-electron chi connectivity index (χ2n) is 7.17. The zero-order valence-corrected chi connectivity index (χ0v) is 17.4. The first-order chi connectivity index (χ1) is 15.1. The van der Waals surface area contributed by atoms with Gasteiger partial charge in [-0.15, -0.1) is 11.3 Å². The van der Waals surface area contributed by atoms with Gasteiger partial charge >= 0.3 is 0 Å². The number of rotatable bonds is 8. The van der Waals surface area contributed by atoms with Crippen LogP contribution in [-0.2, 0) is 11.3 Å². The number of ether oxygens (including phenoxy) is 1. The molecule has 2 heterocycles. The van der Waals surface area contributed by atoms with Gasteiger partial charge in [-0.3, -0.25) is 14.4 Å². The van der Waals surface area contributed by atoms with E-state index in [4.69, 9.17) is 4.74 Å². The molecule has 2 aromatic heterocycles. The summed E-state index contributed by atoms with van der Waals surface area (Å²) in [7, 11) is 0. The van der Waals surface area contributed by atoms with E-state index in [2.05, 4.69) is 5.32 Å². The molecule has 1 aliphatic rings. The van der Waals surface area contributed by atoms with Gasteiger partial charge in [0.15, 0.2) is 12.4 Å². The summed E-state index contributed by atoms with van der Waals surface area (Å²) in [5.41, 5.74) is 0.0530. The van der Waals surface area contributed by atoms with Crippen LogP contribution in [0.15, 0.2) is 58.8 Å². The van der Waals surface area contributed by atoms with E-state index in [-0.39, 0.29) is 52.3 Å². The quantitative estimate of drug-likeness (QED) is 0.550. The molecule has 0 unspecified atom stereocenters. The molecule has 0 bridgehead atoms. The van der Waals surface area contributed by atoms with Gasteiger partial charge in [-0.05, 0) is 42.5 Å². The lowest BCUT2D eigenvalue weighted by Gasteiger charge is -2.12. The van der Waals surface area contributed by atoms with Gasteiger partial charge in [-0.25, -0.2) is 0 Å². The summed E-state index contributed by atoms with van der Waals surface area (Å²) in [5, 5.41) is 14.0. The Hall–Kier alpha value is -3.70. The lowest BCUT2D eigenvalue weighted by atomic mass is 10.0. The molecule has 8 heteroatoms. The third-order valence-electron chi connectivity index (χ3n) is 4.90. The number of aromatic nitrogens is 1. The van der Waals surface area contributed by atoms with Crippen molar-refractivity contribution in [1.82, 2.24) is 9.88 Å². The number of carbonyl (C=O) groups is 2. The second-order valence-corrected chi connectivity index (χ2v) is 8.20. The molecule has 3 aromatic rings. The van der Waals surface area contributed by atoms with Gasteiger partial charge in [-0.1, -0.05) is 18.2 Å². The molecule has 1 N–H and O–H groups in total. The molecule has 0 atom stereocenters. The summed E-state index contributed by atoms with van der Waals surface area (Å²) in [6, 6.07) is 13.7.